The molecule has 0 amide bonds. The number of hydrogen-bond acceptors (Lipinski definition) is 2. The number of aryl methyl sites for hydroxylation is 1. The van der Waals surface area contributed by atoms with Gasteiger partial charge < -0.3 is 9.88 Å². The van der Waals surface area contributed by atoms with Crippen LogP contribution in [-0.2, 0) is 6.54 Å². The summed E-state index contributed by atoms with van der Waals surface area (Å²) in [6.45, 7) is 3.43. The normalized spacial score (nSPS) is 10.3. The summed E-state index contributed by atoms with van der Waals surface area (Å²) in [6, 6.07) is 11.3. The predicted molar refractivity (Wildman–Crippen MR) is 78.1 cm³/mol. The van der Waals surface area contributed by atoms with Crippen molar-refractivity contribution in [1.82, 2.24) is 4.57 Å². The molecule has 2 rings (SSSR count). The first-order valence-electron chi connectivity index (χ1n) is 5.82. The van der Waals surface area contributed by atoms with E-state index in [0.717, 1.165) is 16.7 Å². The van der Waals surface area contributed by atoms with Gasteiger partial charge in [-0.05, 0) is 30.7 Å². The lowest BCUT2D eigenvalue weighted by Crippen LogP contribution is -2.21. The van der Waals surface area contributed by atoms with Gasteiger partial charge in [-0.2, -0.15) is 0 Å². The van der Waals surface area contributed by atoms with Crippen molar-refractivity contribution in [3.8, 4) is 0 Å². The summed E-state index contributed by atoms with van der Waals surface area (Å²) in [7, 11) is 0. The second-order valence-corrected chi connectivity index (χ2v) is 4.98. The average Bonchev–Trinajstić information content (AvgIpc) is 2.36. The van der Waals surface area contributed by atoms with Crippen molar-refractivity contribution < 1.29 is 0 Å². The fraction of sp³-hybridized carbons (Fsp3) is 0.214. The summed E-state index contributed by atoms with van der Waals surface area (Å²) in [5.74, 6) is 0. The van der Waals surface area contributed by atoms with Crippen molar-refractivity contribution in [1.29, 1.82) is 0 Å². The number of anilines is 1. The van der Waals surface area contributed by atoms with E-state index in [1.54, 1.807) is 22.9 Å². The van der Waals surface area contributed by atoms with E-state index < -0.39 is 0 Å². The Morgan fingerprint density at radius 3 is 2.83 bits per heavy atom. The molecule has 0 fully saturated rings. The Morgan fingerprint density at radius 1 is 1.28 bits per heavy atom. The molecule has 1 aromatic heterocycles. The molecular formula is C14H15BrN2O. The molecule has 0 saturated carbocycles. The van der Waals surface area contributed by atoms with Crippen LogP contribution in [0.4, 0.5) is 5.69 Å². The number of nitrogens with zero attached hydrogens (tertiary/aromatic N) is 1. The summed E-state index contributed by atoms with van der Waals surface area (Å²) in [5.41, 5.74) is 2.29. The number of aromatic nitrogens is 1. The molecule has 0 spiro atoms. The van der Waals surface area contributed by atoms with E-state index in [2.05, 4.69) is 34.2 Å². The molecule has 4 heteroatoms. The number of rotatable bonds is 4. The maximum absolute atomic E-state index is 11.5. The Balaban J connectivity index is 1.95. The number of pyridine rings is 1. The second kappa shape index (κ2) is 5.87. The van der Waals surface area contributed by atoms with E-state index in [9.17, 15) is 4.79 Å². The number of hydrogen-bond donors (Lipinski definition) is 1. The lowest BCUT2D eigenvalue weighted by Gasteiger charge is -2.09. The van der Waals surface area contributed by atoms with Gasteiger partial charge in [0.1, 0.15) is 0 Å². The van der Waals surface area contributed by atoms with Gasteiger partial charge in [-0.1, -0.05) is 28.1 Å². The van der Waals surface area contributed by atoms with E-state index in [1.807, 2.05) is 18.2 Å². The molecule has 0 aliphatic rings. The van der Waals surface area contributed by atoms with Crippen LogP contribution in [0.1, 0.15) is 5.56 Å². The van der Waals surface area contributed by atoms with Crippen LogP contribution < -0.4 is 10.9 Å². The van der Waals surface area contributed by atoms with Gasteiger partial charge in [0.2, 0.25) is 0 Å². The minimum absolute atomic E-state index is 0.0318. The fourth-order valence-electron chi connectivity index (χ4n) is 1.67. The fourth-order valence-corrected chi connectivity index (χ4v) is 2.05. The summed E-state index contributed by atoms with van der Waals surface area (Å²) in [4.78, 5) is 11.5. The van der Waals surface area contributed by atoms with Crippen LogP contribution in [0, 0.1) is 6.92 Å². The molecule has 0 unspecified atom stereocenters. The van der Waals surface area contributed by atoms with Crippen LogP contribution in [0.25, 0.3) is 0 Å². The Morgan fingerprint density at radius 2 is 2.11 bits per heavy atom. The maximum atomic E-state index is 11.5. The molecule has 0 aliphatic carbocycles. The largest absolute Gasteiger partial charge is 0.383 e. The smallest absolute Gasteiger partial charge is 0.250 e. The molecule has 94 valence electrons. The van der Waals surface area contributed by atoms with Crippen molar-refractivity contribution in [2.75, 3.05) is 11.9 Å². The summed E-state index contributed by atoms with van der Waals surface area (Å²) >= 11 is 3.50. The summed E-state index contributed by atoms with van der Waals surface area (Å²) in [5, 5.41) is 3.30. The SMILES string of the molecule is Cc1ccc(NCCn2ccccc2=O)cc1Br. The first-order chi connectivity index (χ1) is 8.66. The Labute approximate surface area is 115 Å². The molecule has 0 atom stereocenters. The molecule has 0 aliphatic heterocycles. The van der Waals surface area contributed by atoms with E-state index in [-0.39, 0.29) is 5.56 Å². The van der Waals surface area contributed by atoms with Crippen molar-refractivity contribution >= 4 is 21.6 Å². The number of benzene rings is 1. The molecule has 1 N–H and O–H groups in total. The van der Waals surface area contributed by atoms with E-state index in [1.165, 1.54) is 5.56 Å². The summed E-state index contributed by atoms with van der Waals surface area (Å²) < 4.78 is 2.78. The highest BCUT2D eigenvalue weighted by atomic mass is 79.9. The van der Waals surface area contributed by atoms with Crippen molar-refractivity contribution in [3.05, 3.63) is 63.0 Å². The number of halogens is 1. The van der Waals surface area contributed by atoms with E-state index in [0.29, 0.717) is 6.54 Å². The van der Waals surface area contributed by atoms with Crippen LogP contribution >= 0.6 is 15.9 Å². The highest BCUT2D eigenvalue weighted by Crippen LogP contribution is 2.20. The molecular weight excluding hydrogens is 292 g/mol. The molecule has 1 aromatic carbocycles. The first kappa shape index (κ1) is 12.9. The number of nitrogens with one attached hydrogen (secondary N) is 1. The van der Waals surface area contributed by atoms with Gasteiger partial charge in [0.25, 0.3) is 5.56 Å². The highest BCUT2D eigenvalue weighted by molar-refractivity contribution is 9.10. The van der Waals surface area contributed by atoms with Gasteiger partial charge in [0, 0.05) is 35.5 Å². The maximum Gasteiger partial charge on any atom is 0.250 e. The molecule has 2 aromatic rings. The molecule has 3 nitrogen and oxygen atoms in total. The molecule has 18 heavy (non-hydrogen) atoms. The molecule has 1 heterocycles. The van der Waals surface area contributed by atoms with E-state index >= 15 is 0 Å². The first-order valence-corrected chi connectivity index (χ1v) is 6.61. The third kappa shape index (κ3) is 3.23. The Kier molecular flexibility index (Phi) is 4.20. The van der Waals surface area contributed by atoms with Gasteiger partial charge in [0.05, 0.1) is 0 Å². The third-order valence-corrected chi connectivity index (χ3v) is 3.61. The molecule has 0 saturated heterocycles. The zero-order valence-electron chi connectivity index (χ0n) is 10.2. The molecule has 0 bridgehead atoms. The zero-order chi connectivity index (χ0) is 13.0. The van der Waals surface area contributed by atoms with Crippen molar-refractivity contribution in [2.24, 2.45) is 0 Å². The van der Waals surface area contributed by atoms with Gasteiger partial charge in [-0.25, -0.2) is 0 Å². The van der Waals surface area contributed by atoms with Crippen LogP contribution in [0.15, 0.2) is 51.9 Å². The van der Waals surface area contributed by atoms with Gasteiger partial charge in [-0.3, -0.25) is 4.79 Å². The Hall–Kier alpha value is -1.55. The van der Waals surface area contributed by atoms with Gasteiger partial charge in [-0.15, -0.1) is 0 Å². The van der Waals surface area contributed by atoms with Gasteiger partial charge in [0.15, 0.2) is 0 Å². The van der Waals surface area contributed by atoms with Crippen molar-refractivity contribution in [2.45, 2.75) is 13.5 Å². The minimum Gasteiger partial charge on any atom is -0.383 e. The standard InChI is InChI=1S/C14H15BrN2O/c1-11-5-6-12(10-13(11)15)16-7-9-17-8-3-2-4-14(17)18/h2-6,8,10,16H,7,9H2,1H3. The minimum atomic E-state index is 0.0318. The highest BCUT2D eigenvalue weighted by Gasteiger charge is 1.97. The van der Waals surface area contributed by atoms with Crippen LogP contribution in [0.5, 0.6) is 0 Å². The lowest BCUT2D eigenvalue weighted by molar-refractivity contribution is 0.697. The van der Waals surface area contributed by atoms with E-state index in [4.69, 9.17) is 0 Å². The summed E-state index contributed by atoms with van der Waals surface area (Å²) in [6.07, 6.45) is 1.80. The van der Waals surface area contributed by atoms with Crippen LogP contribution in [-0.4, -0.2) is 11.1 Å². The van der Waals surface area contributed by atoms with Crippen LogP contribution in [0.3, 0.4) is 0 Å². The quantitative estimate of drug-likeness (QED) is 0.942. The second-order valence-electron chi connectivity index (χ2n) is 4.12. The zero-order valence-corrected chi connectivity index (χ0v) is 11.8. The monoisotopic (exact) mass is 306 g/mol. The van der Waals surface area contributed by atoms with Crippen LogP contribution in [0.2, 0.25) is 0 Å². The topological polar surface area (TPSA) is 34.0 Å². The third-order valence-electron chi connectivity index (χ3n) is 2.75. The average molecular weight is 307 g/mol. The van der Waals surface area contributed by atoms with Crippen molar-refractivity contribution in [3.63, 3.8) is 0 Å². The predicted octanol–water partition coefficient (Wildman–Crippen LogP) is 3.03. The van der Waals surface area contributed by atoms with Gasteiger partial charge >= 0.3 is 0 Å². The Bertz CT molecular complexity index is 592. The lowest BCUT2D eigenvalue weighted by atomic mass is 10.2. The molecule has 0 radical (unpaired) electrons.